The molecular weight excluding hydrogens is 222 g/mol. The van der Waals surface area contributed by atoms with Gasteiger partial charge in [-0.15, -0.1) is 0 Å². The van der Waals surface area contributed by atoms with Crippen LogP contribution in [0.3, 0.4) is 0 Å². The van der Waals surface area contributed by atoms with Crippen LogP contribution in [-0.2, 0) is 6.42 Å². The lowest BCUT2D eigenvalue weighted by Gasteiger charge is -2.35. The Hall–Kier alpha value is -0.860. The first-order valence-electron chi connectivity index (χ1n) is 7.29. The van der Waals surface area contributed by atoms with E-state index >= 15 is 0 Å². The maximum Gasteiger partial charge on any atom is 0.0838 e. The standard InChI is InChI=1S/C16H23NO/c1-2-11-7-8-17-15(9-11)14-10-12-5-3-4-6-13(12)16(14)18/h3-6,11,14-18H,2,7-10H2,1H3. The van der Waals surface area contributed by atoms with Gasteiger partial charge in [0.15, 0.2) is 0 Å². The highest BCUT2D eigenvalue weighted by atomic mass is 16.3. The van der Waals surface area contributed by atoms with Gasteiger partial charge in [0.25, 0.3) is 0 Å². The molecule has 4 atom stereocenters. The molecule has 2 nitrogen and oxygen atoms in total. The molecule has 2 aliphatic rings. The van der Waals surface area contributed by atoms with Gasteiger partial charge in [-0.05, 0) is 42.9 Å². The fourth-order valence-electron chi connectivity index (χ4n) is 3.70. The van der Waals surface area contributed by atoms with E-state index in [9.17, 15) is 5.11 Å². The molecule has 1 aromatic carbocycles. The number of benzene rings is 1. The summed E-state index contributed by atoms with van der Waals surface area (Å²) in [5.74, 6) is 1.21. The fraction of sp³-hybridized carbons (Fsp3) is 0.625. The summed E-state index contributed by atoms with van der Waals surface area (Å²) in [6.07, 6.45) is 4.56. The van der Waals surface area contributed by atoms with Crippen LogP contribution in [0.5, 0.6) is 0 Å². The molecule has 1 aliphatic carbocycles. The molecule has 0 radical (unpaired) electrons. The predicted octanol–water partition coefficient (Wildman–Crippen LogP) is 2.67. The molecule has 0 amide bonds. The van der Waals surface area contributed by atoms with Crippen molar-refractivity contribution in [3.63, 3.8) is 0 Å². The molecule has 0 aromatic heterocycles. The smallest absolute Gasteiger partial charge is 0.0838 e. The van der Waals surface area contributed by atoms with Crippen LogP contribution in [0, 0.1) is 11.8 Å². The van der Waals surface area contributed by atoms with Crippen molar-refractivity contribution >= 4 is 0 Å². The second-order valence-electron chi connectivity index (χ2n) is 5.87. The van der Waals surface area contributed by atoms with Crippen LogP contribution in [0.25, 0.3) is 0 Å². The Morgan fingerprint density at radius 2 is 2.17 bits per heavy atom. The highest BCUT2D eigenvalue weighted by Crippen LogP contribution is 2.40. The summed E-state index contributed by atoms with van der Waals surface area (Å²) in [5, 5.41) is 14.1. The summed E-state index contributed by atoms with van der Waals surface area (Å²) in [6, 6.07) is 8.86. The normalized spacial score (nSPS) is 35.4. The number of nitrogens with one attached hydrogen (secondary N) is 1. The van der Waals surface area contributed by atoms with Crippen LogP contribution in [0.4, 0.5) is 0 Å². The van der Waals surface area contributed by atoms with Crippen molar-refractivity contribution in [3.8, 4) is 0 Å². The number of aliphatic hydroxyl groups excluding tert-OH is 1. The van der Waals surface area contributed by atoms with Crippen LogP contribution in [0.2, 0.25) is 0 Å². The molecule has 98 valence electrons. The number of hydrogen-bond acceptors (Lipinski definition) is 2. The fourth-order valence-corrected chi connectivity index (χ4v) is 3.70. The van der Waals surface area contributed by atoms with Crippen molar-refractivity contribution in [3.05, 3.63) is 35.4 Å². The van der Waals surface area contributed by atoms with Gasteiger partial charge in [-0.2, -0.15) is 0 Å². The van der Waals surface area contributed by atoms with E-state index in [4.69, 9.17) is 0 Å². The average molecular weight is 245 g/mol. The van der Waals surface area contributed by atoms with Gasteiger partial charge < -0.3 is 10.4 Å². The van der Waals surface area contributed by atoms with E-state index in [1.165, 1.54) is 24.8 Å². The first-order valence-corrected chi connectivity index (χ1v) is 7.29. The molecule has 1 aromatic rings. The van der Waals surface area contributed by atoms with E-state index in [1.807, 2.05) is 6.07 Å². The Morgan fingerprint density at radius 1 is 1.33 bits per heavy atom. The number of fused-ring (bicyclic) bond motifs is 1. The van der Waals surface area contributed by atoms with Gasteiger partial charge in [-0.1, -0.05) is 37.6 Å². The molecule has 3 rings (SSSR count). The number of rotatable bonds is 2. The first-order chi connectivity index (χ1) is 8.79. The van der Waals surface area contributed by atoms with Crippen molar-refractivity contribution in [2.75, 3.05) is 6.54 Å². The molecule has 1 fully saturated rings. The average Bonchev–Trinajstić information content (AvgIpc) is 2.77. The lowest BCUT2D eigenvalue weighted by atomic mass is 9.82. The van der Waals surface area contributed by atoms with E-state index < -0.39 is 0 Å². The van der Waals surface area contributed by atoms with Crippen molar-refractivity contribution < 1.29 is 5.11 Å². The van der Waals surface area contributed by atoms with E-state index in [1.54, 1.807) is 0 Å². The summed E-state index contributed by atoms with van der Waals surface area (Å²) in [5.41, 5.74) is 2.50. The molecule has 4 unspecified atom stereocenters. The van der Waals surface area contributed by atoms with Crippen molar-refractivity contribution in [2.45, 2.75) is 44.8 Å². The molecule has 0 bridgehead atoms. The maximum atomic E-state index is 10.5. The first kappa shape index (κ1) is 12.2. The zero-order chi connectivity index (χ0) is 12.5. The third-order valence-corrected chi connectivity index (χ3v) is 4.88. The summed E-state index contributed by atoms with van der Waals surface area (Å²) < 4.78 is 0. The van der Waals surface area contributed by atoms with E-state index in [0.717, 1.165) is 24.4 Å². The van der Waals surface area contributed by atoms with Crippen LogP contribution < -0.4 is 5.32 Å². The Balaban J connectivity index is 1.75. The van der Waals surface area contributed by atoms with E-state index in [2.05, 4.69) is 30.4 Å². The Morgan fingerprint density at radius 3 is 2.94 bits per heavy atom. The summed E-state index contributed by atoms with van der Waals surface area (Å²) >= 11 is 0. The molecule has 1 aliphatic heterocycles. The predicted molar refractivity (Wildman–Crippen MR) is 73.4 cm³/mol. The Bertz CT molecular complexity index is 417. The molecule has 0 saturated carbocycles. The monoisotopic (exact) mass is 245 g/mol. The van der Waals surface area contributed by atoms with Gasteiger partial charge in [0.2, 0.25) is 0 Å². The number of aliphatic hydroxyl groups is 1. The number of piperidine rings is 1. The zero-order valence-corrected chi connectivity index (χ0v) is 11.1. The Labute approximate surface area is 109 Å². The minimum absolute atomic E-state index is 0.269. The quantitative estimate of drug-likeness (QED) is 0.839. The lowest BCUT2D eigenvalue weighted by Crippen LogP contribution is -2.44. The van der Waals surface area contributed by atoms with Crippen molar-refractivity contribution in [2.24, 2.45) is 11.8 Å². The second-order valence-corrected chi connectivity index (χ2v) is 5.87. The van der Waals surface area contributed by atoms with Gasteiger partial charge in [-0.25, -0.2) is 0 Å². The van der Waals surface area contributed by atoms with Crippen LogP contribution in [-0.4, -0.2) is 17.7 Å². The van der Waals surface area contributed by atoms with Gasteiger partial charge in [0.05, 0.1) is 6.10 Å². The van der Waals surface area contributed by atoms with Crippen LogP contribution in [0.15, 0.2) is 24.3 Å². The third kappa shape index (κ3) is 2.08. The highest BCUT2D eigenvalue weighted by molar-refractivity contribution is 5.35. The topological polar surface area (TPSA) is 32.3 Å². The minimum atomic E-state index is -0.269. The second kappa shape index (κ2) is 5.02. The Kier molecular flexibility index (Phi) is 3.40. The molecule has 1 saturated heterocycles. The van der Waals surface area contributed by atoms with E-state index in [-0.39, 0.29) is 6.10 Å². The minimum Gasteiger partial charge on any atom is -0.388 e. The van der Waals surface area contributed by atoms with Gasteiger partial charge >= 0.3 is 0 Å². The van der Waals surface area contributed by atoms with Crippen LogP contribution in [0.1, 0.15) is 43.4 Å². The van der Waals surface area contributed by atoms with E-state index in [0.29, 0.717) is 12.0 Å². The molecule has 18 heavy (non-hydrogen) atoms. The molecule has 1 heterocycles. The number of hydrogen-bond donors (Lipinski definition) is 2. The van der Waals surface area contributed by atoms with Crippen molar-refractivity contribution in [1.29, 1.82) is 0 Å². The molecule has 2 heteroatoms. The largest absolute Gasteiger partial charge is 0.388 e. The van der Waals surface area contributed by atoms with Gasteiger partial charge in [-0.3, -0.25) is 0 Å². The SMILES string of the molecule is CCC1CCNC(C2Cc3ccccc3C2O)C1. The summed E-state index contributed by atoms with van der Waals surface area (Å²) in [4.78, 5) is 0. The lowest BCUT2D eigenvalue weighted by molar-refractivity contribution is 0.0817. The summed E-state index contributed by atoms with van der Waals surface area (Å²) in [7, 11) is 0. The third-order valence-electron chi connectivity index (χ3n) is 4.88. The zero-order valence-electron chi connectivity index (χ0n) is 11.1. The van der Waals surface area contributed by atoms with Crippen LogP contribution >= 0.6 is 0 Å². The highest BCUT2D eigenvalue weighted by Gasteiger charge is 2.37. The maximum absolute atomic E-state index is 10.5. The summed E-state index contributed by atoms with van der Waals surface area (Å²) in [6.45, 7) is 3.40. The van der Waals surface area contributed by atoms with Gasteiger partial charge in [0, 0.05) is 12.0 Å². The molecular formula is C16H23NO. The van der Waals surface area contributed by atoms with Gasteiger partial charge in [0.1, 0.15) is 0 Å². The molecule has 0 spiro atoms. The molecule has 2 N–H and O–H groups in total. The van der Waals surface area contributed by atoms with Crippen molar-refractivity contribution in [1.82, 2.24) is 5.32 Å².